The van der Waals surface area contributed by atoms with Crippen molar-refractivity contribution in [2.45, 2.75) is 38.1 Å². The number of fused-ring (bicyclic) bond motifs is 1. The van der Waals surface area contributed by atoms with E-state index < -0.39 is 0 Å². The quantitative estimate of drug-likeness (QED) is 0.235. The van der Waals surface area contributed by atoms with Crippen LogP contribution >= 0.6 is 24.0 Å². The molecule has 190 valence electrons. The first-order valence-corrected chi connectivity index (χ1v) is 12.4. The number of carbonyl (C=O) groups is 1. The van der Waals surface area contributed by atoms with Crippen LogP contribution in [0.5, 0.6) is 0 Å². The minimum Gasteiger partial charge on any atom is -0.382 e. The van der Waals surface area contributed by atoms with E-state index in [4.69, 9.17) is 28.1 Å². The molecule has 0 radical (unpaired) electrons. The van der Waals surface area contributed by atoms with Crippen molar-refractivity contribution < 1.29 is 4.79 Å². The summed E-state index contributed by atoms with van der Waals surface area (Å²) in [5, 5.41) is 11.5. The summed E-state index contributed by atoms with van der Waals surface area (Å²) in [5.74, 6) is 1.65. The standard InChI is InChI=1S/C26H30ClN7O.ClH/c27-23-22(18-10-11-19-20(13-18)33-34-24(19)29)31-25(32-23)21(12-15-4-2-1-3-5-15)30-26(35)17-8-6-16(14-28)7-9-17;/h1-5,10-11,13,16-17,21H,6-9,12,14,28H2,(H,30,35)(H,31,32)(H3,29,33,34);1H/t16?,17?,21-;/m0./s1. The first kappa shape index (κ1) is 26.0. The SMILES string of the molecule is Cl.NCC1CCC(C(=O)N[C@@H](Cc2ccccc2)c2nc(-c3ccc4c(N)n[nH]c4c3)c(Cl)[nH]2)CC1. The number of imidazole rings is 1. The van der Waals surface area contributed by atoms with Gasteiger partial charge in [-0.1, -0.05) is 48.0 Å². The number of aromatic nitrogens is 4. The molecule has 1 amide bonds. The molecule has 0 spiro atoms. The second-order valence-electron chi connectivity index (χ2n) is 9.36. The number of nitrogens with two attached hydrogens (primary N) is 2. The highest BCUT2D eigenvalue weighted by molar-refractivity contribution is 6.32. The summed E-state index contributed by atoms with van der Waals surface area (Å²) in [6.07, 6.45) is 4.32. The number of rotatable bonds is 7. The summed E-state index contributed by atoms with van der Waals surface area (Å²) < 4.78 is 0. The van der Waals surface area contributed by atoms with Gasteiger partial charge in [0.15, 0.2) is 5.82 Å². The fourth-order valence-corrected chi connectivity index (χ4v) is 5.18. The van der Waals surface area contributed by atoms with Gasteiger partial charge >= 0.3 is 0 Å². The maximum atomic E-state index is 13.2. The molecule has 0 saturated heterocycles. The van der Waals surface area contributed by atoms with Crippen molar-refractivity contribution in [2.75, 3.05) is 12.3 Å². The van der Waals surface area contributed by atoms with Gasteiger partial charge in [0, 0.05) is 16.9 Å². The molecule has 1 aliphatic rings. The van der Waals surface area contributed by atoms with E-state index in [-0.39, 0.29) is 30.3 Å². The number of anilines is 1. The first-order chi connectivity index (χ1) is 17.0. The van der Waals surface area contributed by atoms with Crippen molar-refractivity contribution in [2.24, 2.45) is 17.6 Å². The Kier molecular flexibility index (Phi) is 8.18. The van der Waals surface area contributed by atoms with Gasteiger partial charge in [-0.2, -0.15) is 5.10 Å². The van der Waals surface area contributed by atoms with Crippen LogP contribution in [-0.4, -0.2) is 32.6 Å². The molecule has 2 aromatic carbocycles. The van der Waals surface area contributed by atoms with E-state index in [9.17, 15) is 4.79 Å². The molecule has 0 unspecified atom stereocenters. The van der Waals surface area contributed by atoms with E-state index in [1.807, 2.05) is 48.5 Å². The van der Waals surface area contributed by atoms with Gasteiger partial charge in [0.05, 0.1) is 11.6 Å². The monoisotopic (exact) mass is 527 g/mol. The van der Waals surface area contributed by atoms with Gasteiger partial charge in [0.1, 0.15) is 16.7 Å². The highest BCUT2D eigenvalue weighted by atomic mass is 35.5. The molecule has 1 saturated carbocycles. The number of benzene rings is 2. The Hall–Kier alpha value is -3.07. The second kappa shape index (κ2) is 11.3. The predicted molar refractivity (Wildman–Crippen MR) is 146 cm³/mol. The molecule has 0 bridgehead atoms. The van der Waals surface area contributed by atoms with Gasteiger partial charge in [0.25, 0.3) is 0 Å². The molecular weight excluding hydrogens is 497 g/mol. The highest BCUT2D eigenvalue weighted by Gasteiger charge is 2.29. The molecular formula is C26H31Cl2N7O. The molecule has 4 aromatic rings. The molecule has 1 atom stereocenters. The number of nitrogen functional groups attached to an aromatic ring is 1. The largest absolute Gasteiger partial charge is 0.382 e. The average molecular weight is 528 g/mol. The topological polar surface area (TPSA) is 138 Å². The lowest BCUT2D eigenvalue weighted by atomic mass is 9.81. The summed E-state index contributed by atoms with van der Waals surface area (Å²) in [7, 11) is 0. The number of carbonyl (C=O) groups excluding carboxylic acids is 1. The van der Waals surface area contributed by atoms with E-state index in [1.165, 1.54) is 0 Å². The first-order valence-electron chi connectivity index (χ1n) is 12.1. The van der Waals surface area contributed by atoms with Crippen LogP contribution in [0.4, 0.5) is 5.82 Å². The summed E-state index contributed by atoms with van der Waals surface area (Å²) in [4.78, 5) is 21.3. The van der Waals surface area contributed by atoms with Crippen LogP contribution in [0.2, 0.25) is 5.15 Å². The van der Waals surface area contributed by atoms with Crippen LogP contribution in [0.25, 0.3) is 22.2 Å². The number of amides is 1. The third-order valence-corrected chi connectivity index (χ3v) is 7.30. The molecule has 36 heavy (non-hydrogen) atoms. The molecule has 1 aliphatic carbocycles. The molecule has 2 aromatic heterocycles. The molecule has 5 rings (SSSR count). The molecule has 1 fully saturated rings. The fourth-order valence-electron chi connectivity index (χ4n) is 4.93. The van der Waals surface area contributed by atoms with Crippen LogP contribution in [0.15, 0.2) is 48.5 Å². The zero-order valence-corrected chi connectivity index (χ0v) is 21.4. The number of halogens is 2. The molecule has 2 heterocycles. The predicted octanol–water partition coefficient (Wildman–Crippen LogP) is 4.78. The van der Waals surface area contributed by atoms with Crippen molar-refractivity contribution in [1.82, 2.24) is 25.5 Å². The lowest BCUT2D eigenvalue weighted by Gasteiger charge is -2.28. The molecule has 10 heteroatoms. The van der Waals surface area contributed by atoms with E-state index in [1.54, 1.807) is 0 Å². The third-order valence-electron chi connectivity index (χ3n) is 7.02. The van der Waals surface area contributed by atoms with Gasteiger partial charge in [-0.3, -0.25) is 9.89 Å². The Bertz CT molecular complexity index is 1310. The van der Waals surface area contributed by atoms with E-state index in [2.05, 4.69) is 20.5 Å². The van der Waals surface area contributed by atoms with Crippen LogP contribution in [0.1, 0.15) is 43.1 Å². The Morgan fingerprint density at radius 1 is 1.14 bits per heavy atom. The van der Waals surface area contributed by atoms with Gasteiger partial charge in [-0.15, -0.1) is 12.4 Å². The van der Waals surface area contributed by atoms with Crippen LogP contribution in [0, 0.1) is 11.8 Å². The number of H-pyrrole nitrogens is 2. The van der Waals surface area contributed by atoms with E-state index in [0.29, 0.717) is 41.4 Å². The number of nitrogens with zero attached hydrogens (tertiary/aromatic N) is 2. The van der Waals surface area contributed by atoms with Crippen molar-refractivity contribution in [3.63, 3.8) is 0 Å². The van der Waals surface area contributed by atoms with Gasteiger partial charge < -0.3 is 21.8 Å². The Morgan fingerprint density at radius 2 is 1.89 bits per heavy atom. The number of nitrogens with one attached hydrogen (secondary N) is 3. The minimum absolute atomic E-state index is 0. The zero-order valence-electron chi connectivity index (χ0n) is 19.8. The molecule has 0 aliphatic heterocycles. The smallest absolute Gasteiger partial charge is 0.223 e. The average Bonchev–Trinajstić information content (AvgIpc) is 3.46. The lowest BCUT2D eigenvalue weighted by Crippen LogP contribution is -2.37. The third kappa shape index (κ3) is 5.51. The van der Waals surface area contributed by atoms with Gasteiger partial charge in [-0.05, 0) is 62.3 Å². The Labute approximate surface area is 221 Å². The van der Waals surface area contributed by atoms with Crippen molar-refractivity contribution in [3.8, 4) is 11.3 Å². The zero-order chi connectivity index (χ0) is 24.4. The maximum absolute atomic E-state index is 13.2. The van der Waals surface area contributed by atoms with Crippen LogP contribution in [-0.2, 0) is 11.2 Å². The van der Waals surface area contributed by atoms with E-state index >= 15 is 0 Å². The van der Waals surface area contributed by atoms with Gasteiger partial charge in [0.2, 0.25) is 5.91 Å². The summed E-state index contributed by atoms with van der Waals surface area (Å²) in [6, 6.07) is 15.5. The number of hydrogen-bond acceptors (Lipinski definition) is 5. The number of aromatic amines is 2. The van der Waals surface area contributed by atoms with E-state index in [0.717, 1.165) is 47.7 Å². The summed E-state index contributed by atoms with van der Waals surface area (Å²) >= 11 is 6.61. The summed E-state index contributed by atoms with van der Waals surface area (Å²) in [5.41, 5.74) is 15.1. The Balaban J connectivity index is 0.00000304. The normalized spacial score (nSPS) is 18.5. The van der Waals surface area contributed by atoms with Gasteiger partial charge in [-0.25, -0.2) is 4.98 Å². The molecule has 7 N–H and O–H groups in total. The Morgan fingerprint density at radius 3 is 2.61 bits per heavy atom. The molecule has 8 nitrogen and oxygen atoms in total. The second-order valence-corrected chi connectivity index (χ2v) is 9.74. The fraction of sp³-hybridized carbons (Fsp3) is 0.346. The van der Waals surface area contributed by atoms with Crippen molar-refractivity contribution >= 4 is 46.6 Å². The van der Waals surface area contributed by atoms with Crippen molar-refractivity contribution in [3.05, 3.63) is 65.1 Å². The van der Waals surface area contributed by atoms with Crippen LogP contribution in [0.3, 0.4) is 0 Å². The maximum Gasteiger partial charge on any atom is 0.223 e. The minimum atomic E-state index is -0.338. The summed E-state index contributed by atoms with van der Waals surface area (Å²) in [6.45, 7) is 0.690. The highest BCUT2D eigenvalue weighted by Crippen LogP contribution is 2.32. The lowest BCUT2D eigenvalue weighted by molar-refractivity contribution is -0.127. The number of hydrogen-bond donors (Lipinski definition) is 5. The van der Waals surface area contributed by atoms with Crippen LogP contribution < -0.4 is 16.8 Å². The van der Waals surface area contributed by atoms with Crippen molar-refractivity contribution in [1.29, 1.82) is 0 Å².